The molecule has 1 aromatic carbocycles. The number of carbonyl (C=O) groups is 1. The van der Waals surface area contributed by atoms with E-state index < -0.39 is 17.8 Å². The first-order chi connectivity index (χ1) is 11.1. The number of aromatic nitrogens is 2. The van der Waals surface area contributed by atoms with Crippen LogP contribution < -0.4 is 5.32 Å². The second-order valence-electron chi connectivity index (χ2n) is 5.40. The third-order valence-electron chi connectivity index (χ3n) is 3.30. The number of halogens is 5. The number of anilines is 1. The third kappa shape index (κ3) is 4.64. The fraction of sp³-hybridized carbons (Fsp3) is 0.333. The van der Waals surface area contributed by atoms with E-state index in [0.29, 0.717) is 21.4 Å². The minimum atomic E-state index is -4.51. The van der Waals surface area contributed by atoms with Crippen LogP contribution in [0, 0.1) is 12.8 Å². The van der Waals surface area contributed by atoms with Gasteiger partial charge in [-0.15, -0.1) is 0 Å². The molecule has 2 aromatic rings. The van der Waals surface area contributed by atoms with E-state index in [1.807, 2.05) is 0 Å². The first kappa shape index (κ1) is 18.6. The first-order valence-electron chi connectivity index (χ1n) is 6.95. The molecule has 0 unspecified atom stereocenters. The normalized spacial score (nSPS) is 13.0. The molecule has 0 aliphatic rings. The average molecular weight is 380 g/mol. The monoisotopic (exact) mass is 379 g/mol. The molecule has 1 N–H and O–H groups in total. The summed E-state index contributed by atoms with van der Waals surface area (Å²) in [5.41, 5.74) is -0.237. The number of nitrogens with one attached hydrogen (secondary N) is 1. The van der Waals surface area contributed by atoms with Crippen LogP contribution in [-0.4, -0.2) is 15.7 Å². The summed E-state index contributed by atoms with van der Waals surface area (Å²) in [7, 11) is 0. The summed E-state index contributed by atoms with van der Waals surface area (Å²) < 4.78 is 39.1. The summed E-state index contributed by atoms with van der Waals surface area (Å²) in [6, 6.07) is 5.52. The number of rotatable bonds is 4. The lowest BCUT2D eigenvalue weighted by molar-refractivity contribution is -0.141. The van der Waals surface area contributed by atoms with Crippen molar-refractivity contribution >= 4 is 34.8 Å². The molecule has 0 saturated heterocycles. The van der Waals surface area contributed by atoms with Crippen LogP contribution in [0.5, 0.6) is 0 Å². The molecule has 0 fully saturated rings. The van der Waals surface area contributed by atoms with Crippen LogP contribution in [0.1, 0.15) is 18.3 Å². The van der Waals surface area contributed by atoms with Gasteiger partial charge in [0.15, 0.2) is 5.69 Å². The van der Waals surface area contributed by atoms with Gasteiger partial charge in [-0.05, 0) is 31.2 Å². The Hall–Kier alpha value is -1.73. The highest BCUT2D eigenvalue weighted by Gasteiger charge is 2.34. The lowest BCUT2D eigenvalue weighted by Crippen LogP contribution is -2.25. The molecule has 1 atom stereocenters. The lowest BCUT2D eigenvalue weighted by atomic mass is 10.1. The summed E-state index contributed by atoms with van der Waals surface area (Å²) in [5, 5.41) is 6.87. The number of hydrogen-bond acceptors (Lipinski definition) is 2. The molecule has 4 nitrogen and oxygen atoms in total. The predicted molar refractivity (Wildman–Crippen MR) is 86.2 cm³/mol. The van der Waals surface area contributed by atoms with Crippen LogP contribution >= 0.6 is 23.2 Å². The molecule has 0 bridgehead atoms. The van der Waals surface area contributed by atoms with Gasteiger partial charge < -0.3 is 5.32 Å². The van der Waals surface area contributed by atoms with Crippen LogP contribution in [-0.2, 0) is 17.5 Å². The van der Waals surface area contributed by atoms with Gasteiger partial charge in [-0.2, -0.15) is 18.3 Å². The van der Waals surface area contributed by atoms with Crippen molar-refractivity contribution in [1.29, 1.82) is 0 Å². The lowest BCUT2D eigenvalue weighted by Gasteiger charge is -2.14. The first-order valence-corrected chi connectivity index (χ1v) is 7.70. The Morgan fingerprint density at radius 1 is 1.25 bits per heavy atom. The summed E-state index contributed by atoms with van der Waals surface area (Å²) in [4.78, 5) is 12.2. The molecular weight excluding hydrogens is 366 g/mol. The highest BCUT2D eigenvalue weighted by Crippen LogP contribution is 2.28. The Morgan fingerprint density at radius 2 is 1.83 bits per heavy atom. The van der Waals surface area contributed by atoms with Gasteiger partial charge in [0.2, 0.25) is 5.91 Å². The molecule has 1 amide bonds. The molecule has 0 aliphatic heterocycles. The van der Waals surface area contributed by atoms with Gasteiger partial charge >= 0.3 is 6.18 Å². The number of amides is 1. The number of hydrogen-bond donors (Lipinski definition) is 1. The van der Waals surface area contributed by atoms with E-state index in [2.05, 4.69) is 10.4 Å². The summed E-state index contributed by atoms with van der Waals surface area (Å²) >= 11 is 11.7. The molecule has 0 saturated carbocycles. The van der Waals surface area contributed by atoms with Crippen LogP contribution in [0.15, 0.2) is 24.3 Å². The fourth-order valence-corrected chi connectivity index (χ4v) is 2.59. The van der Waals surface area contributed by atoms with E-state index >= 15 is 0 Å². The van der Waals surface area contributed by atoms with Crippen LogP contribution in [0.3, 0.4) is 0 Å². The molecule has 9 heteroatoms. The Labute approximate surface area is 146 Å². The Kier molecular flexibility index (Phi) is 5.45. The maximum Gasteiger partial charge on any atom is 0.435 e. The van der Waals surface area contributed by atoms with Crippen molar-refractivity contribution in [3.63, 3.8) is 0 Å². The molecular formula is C15H14Cl2F3N3O. The van der Waals surface area contributed by atoms with E-state index in [-0.39, 0.29) is 12.5 Å². The van der Waals surface area contributed by atoms with Crippen molar-refractivity contribution in [3.05, 3.63) is 45.7 Å². The zero-order valence-electron chi connectivity index (χ0n) is 12.8. The molecule has 0 spiro atoms. The van der Waals surface area contributed by atoms with Crippen molar-refractivity contribution in [2.45, 2.75) is 26.6 Å². The smallest absolute Gasteiger partial charge is 0.326 e. The molecule has 2 rings (SSSR count). The van der Waals surface area contributed by atoms with Gasteiger partial charge in [0, 0.05) is 21.4 Å². The number of carbonyl (C=O) groups excluding carboxylic acids is 1. The summed E-state index contributed by atoms with van der Waals surface area (Å²) in [5.74, 6) is -0.987. The molecule has 0 radical (unpaired) electrons. The van der Waals surface area contributed by atoms with Gasteiger partial charge in [0.05, 0.1) is 12.5 Å². The van der Waals surface area contributed by atoms with E-state index in [0.717, 1.165) is 10.7 Å². The van der Waals surface area contributed by atoms with Crippen LogP contribution in [0.4, 0.5) is 18.9 Å². The van der Waals surface area contributed by atoms with E-state index in [4.69, 9.17) is 23.2 Å². The molecule has 24 heavy (non-hydrogen) atoms. The third-order valence-corrected chi connectivity index (χ3v) is 3.73. The minimum Gasteiger partial charge on any atom is -0.326 e. The second kappa shape index (κ2) is 7.03. The number of benzene rings is 1. The Balaban J connectivity index is 2.08. The quantitative estimate of drug-likeness (QED) is 0.829. The van der Waals surface area contributed by atoms with Crippen LogP contribution in [0.2, 0.25) is 10.0 Å². The fourth-order valence-electron chi connectivity index (χ4n) is 2.07. The topological polar surface area (TPSA) is 46.9 Å². The zero-order valence-corrected chi connectivity index (χ0v) is 14.3. The van der Waals surface area contributed by atoms with E-state index in [9.17, 15) is 18.0 Å². The molecule has 1 aromatic heterocycles. The van der Waals surface area contributed by atoms with E-state index in [1.165, 1.54) is 25.1 Å². The highest BCUT2D eigenvalue weighted by molar-refractivity contribution is 6.35. The largest absolute Gasteiger partial charge is 0.435 e. The van der Waals surface area contributed by atoms with Gasteiger partial charge in [-0.3, -0.25) is 9.48 Å². The highest BCUT2D eigenvalue weighted by atomic mass is 35.5. The van der Waals surface area contributed by atoms with Gasteiger partial charge in [0.1, 0.15) is 0 Å². The van der Waals surface area contributed by atoms with Gasteiger partial charge in [-0.25, -0.2) is 0 Å². The summed E-state index contributed by atoms with van der Waals surface area (Å²) in [6.45, 7) is 3.11. The molecule has 0 aliphatic carbocycles. The van der Waals surface area contributed by atoms with Crippen molar-refractivity contribution in [2.75, 3.05) is 5.32 Å². The number of aryl methyl sites for hydroxylation is 1. The summed E-state index contributed by atoms with van der Waals surface area (Å²) in [6.07, 6.45) is -4.51. The SMILES string of the molecule is Cc1cc(C(F)(F)F)nn1C[C@@H](C)C(=O)Nc1cc(Cl)cc(Cl)c1. The minimum absolute atomic E-state index is 0.0159. The van der Waals surface area contributed by atoms with Gasteiger partial charge in [-0.1, -0.05) is 30.1 Å². The predicted octanol–water partition coefficient (Wildman–Crippen LogP) is 4.79. The maximum atomic E-state index is 12.7. The van der Waals surface area contributed by atoms with Crippen molar-refractivity contribution in [2.24, 2.45) is 5.92 Å². The number of nitrogens with zero attached hydrogens (tertiary/aromatic N) is 2. The van der Waals surface area contributed by atoms with Gasteiger partial charge in [0.25, 0.3) is 0 Å². The average Bonchev–Trinajstić information content (AvgIpc) is 2.79. The number of alkyl halides is 3. The zero-order chi connectivity index (χ0) is 18.1. The van der Waals surface area contributed by atoms with E-state index in [1.54, 1.807) is 6.92 Å². The van der Waals surface area contributed by atoms with Crippen molar-refractivity contribution in [1.82, 2.24) is 9.78 Å². The standard InChI is InChI=1S/C15H14Cl2F3N3O/c1-8(7-23-9(2)3-13(22-23)15(18,19)20)14(24)21-12-5-10(16)4-11(17)6-12/h3-6,8H,7H2,1-2H3,(H,21,24)/t8-/m1/s1. The Bertz CT molecular complexity index is 739. The van der Waals surface area contributed by atoms with Crippen molar-refractivity contribution in [3.8, 4) is 0 Å². The molecule has 1 heterocycles. The Morgan fingerprint density at radius 3 is 2.33 bits per heavy atom. The van der Waals surface area contributed by atoms with Crippen LogP contribution in [0.25, 0.3) is 0 Å². The second-order valence-corrected chi connectivity index (χ2v) is 6.27. The van der Waals surface area contributed by atoms with Crippen molar-refractivity contribution < 1.29 is 18.0 Å². The maximum absolute atomic E-state index is 12.7. The molecule has 130 valence electrons.